The van der Waals surface area contributed by atoms with Gasteiger partial charge in [0.15, 0.2) is 11.5 Å². The van der Waals surface area contributed by atoms with Crippen molar-refractivity contribution in [3.63, 3.8) is 0 Å². The van der Waals surface area contributed by atoms with Gasteiger partial charge in [-0.2, -0.15) is 0 Å². The maximum atomic E-state index is 9.28. The lowest BCUT2D eigenvalue weighted by Gasteiger charge is -2.03. The zero-order valence-electron chi connectivity index (χ0n) is 7.04. The number of aryl methyl sites for hydroxylation is 1. The van der Waals surface area contributed by atoms with Crippen molar-refractivity contribution in [3.05, 3.63) is 23.8 Å². The summed E-state index contributed by atoms with van der Waals surface area (Å²) in [4.78, 5) is 0. The molecule has 0 heterocycles. The number of phenols is 2. The minimum Gasteiger partial charge on any atom is -0.504 e. The zero-order chi connectivity index (χ0) is 8.27. The third-order valence-electron chi connectivity index (χ3n) is 1.62. The molecule has 0 aliphatic carbocycles. The van der Waals surface area contributed by atoms with Crippen LogP contribution in [0.1, 0.15) is 18.9 Å². The molecule has 12 heavy (non-hydrogen) atoms. The van der Waals surface area contributed by atoms with Crippen molar-refractivity contribution < 1.29 is 15.7 Å². The average molecular weight is 170 g/mol. The molecule has 3 heteroatoms. The number of aromatic hydroxyl groups is 2. The van der Waals surface area contributed by atoms with Crippen molar-refractivity contribution in [2.24, 2.45) is 0 Å². The molecule has 0 spiro atoms. The average Bonchev–Trinajstić information content (AvgIpc) is 1.99. The molecule has 4 N–H and O–H groups in total. The molecular weight excluding hydrogens is 156 g/mol. The van der Waals surface area contributed by atoms with Crippen LogP contribution in [0, 0.1) is 0 Å². The summed E-state index contributed by atoms with van der Waals surface area (Å²) in [5.41, 5.74) is 0.813. The Labute approximate surface area is 71.6 Å². The van der Waals surface area contributed by atoms with E-state index in [0.717, 1.165) is 18.4 Å². The minimum atomic E-state index is -0.0315. The van der Waals surface area contributed by atoms with Crippen LogP contribution in [0.2, 0.25) is 0 Å². The Balaban J connectivity index is 0.00000121. The lowest BCUT2D eigenvalue weighted by molar-refractivity contribution is 0.399. The normalized spacial score (nSPS) is 9.08. The summed E-state index contributed by atoms with van der Waals surface area (Å²) in [7, 11) is 0. The Bertz CT molecular complexity index is 246. The third kappa shape index (κ3) is 2.13. The van der Waals surface area contributed by atoms with Crippen molar-refractivity contribution in [2.45, 2.75) is 19.8 Å². The highest BCUT2D eigenvalue weighted by Gasteiger charge is 2.02. The number of hydrogen-bond acceptors (Lipinski definition) is 2. The van der Waals surface area contributed by atoms with E-state index >= 15 is 0 Å². The monoisotopic (exact) mass is 170 g/mol. The van der Waals surface area contributed by atoms with Crippen LogP contribution < -0.4 is 0 Å². The van der Waals surface area contributed by atoms with Crippen molar-refractivity contribution in [3.8, 4) is 11.5 Å². The zero-order valence-corrected chi connectivity index (χ0v) is 7.04. The summed E-state index contributed by atoms with van der Waals surface area (Å²) < 4.78 is 0. The Morgan fingerprint density at radius 3 is 2.50 bits per heavy atom. The maximum Gasteiger partial charge on any atom is 0.160 e. The topological polar surface area (TPSA) is 72.0 Å². The summed E-state index contributed by atoms with van der Waals surface area (Å²) in [6.07, 6.45) is 1.78. The van der Waals surface area contributed by atoms with Crippen LogP contribution in [-0.2, 0) is 6.42 Å². The molecule has 0 radical (unpaired) electrons. The molecule has 0 aliphatic heterocycles. The first-order valence-electron chi connectivity index (χ1n) is 3.75. The molecule has 0 amide bonds. The van der Waals surface area contributed by atoms with E-state index in [1.165, 1.54) is 6.07 Å². The summed E-state index contributed by atoms with van der Waals surface area (Å²) >= 11 is 0. The second kappa shape index (κ2) is 4.62. The van der Waals surface area contributed by atoms with E-state index in [1.54, 1.807) is 6.07 Å². The summed E-state index contributed by atoms with van der Waals surface area (Å²) in [5, 5.41) is 18.4. The molecule has 0 saturated carbocycles. The van der Waals surface area contributed by atoms with Gasteiger partial charge in [0.25, 0.3) is 0 Å². The molecule has 0 saturated heterocycles. The van der Waals surface area contributed by atoms with E-state index in [9.17, 15) is 5.11 Å². The summed E-state index contributed by atoms with van der Waals surface area (Å²) in [6.45, 7) is 2.03. The quantitative estimate of drug-likeness (QED) is 0.655. The highest BCUT2D eigenvalue weighted by atomic mass is 16.3. The molecule has 0 bridgehead atoms. The van der Waals surface area contributed by atoms with E-state index in [2.05, 4.69) is 0 Å². The van der Waals surface area contributed by atoms with Gasteiger partial charge in [0.05, 0.1) is 0 Å². The van der Waals surface area contributed by atoms with Gasteiger partial charge in [-0.1, -0.05) is 25.5 Å². The van der Waals surface area contributed by atoms with Gasteiger partial charge in [-0.25, -0.2) is 0 Å². The summed E-state index contributed by atoms with van der Waals surface area (Å²) in [6, 6.07) is 5.03. The number of phenolic OH excluding ortho intramolecular Hbond substituents is 2. The van der Waals surface area contributed by atoms with Gasteiger partial charge >= 0.3 is 0 Å². The van der Waals surface area contributed by atoms with E-state index in [1.807, 2.05) is 13.0 Å². The smallest absolute Gasteiger partial charge is 0.160 e. The van der Waals surface area contributed by atoms with Gasteiger partial charge in [0.2, 0.25) is 0 Å². The minimum absolute atomic E-state index is 0. The van der Waals surface area contributed by atoms with Crippen molar-refractivity contribution in [2.75, 3.05) is 0 Å². The molecule has 0 atom stereocenters. The molecule has 1 aromatic rings. The van der Waals surface area contributed by atoms with E-state index in [4.69, 9.17) is 5.11 Å². The highest BCUT2D eigenvalue weighted by molar-refractivity contribution is 5.44. The third-order valence-corrected chi connectivity index (χ3v) is 1.62. The Kier molecular flexibility index (Phi) is 4.15. The predicted octanol–water partition coefficient (Wildman–Crippen LogP) is 1.23. The van der Waals surface area contributed by atoms with Crippen LogP contribution in [0.4, 0.5) is 0 Å². The van der Waals surface area contributed by atoms with Crippen LogP contribution >= 0.6 is 0 Å². The SMILES string of the molecule is CCCc1cccc(O)c1O.O. The van der Waals surface area contributed by atoms with Gasteiger partial charge in [-0.05, 0) is 18.1 Å². The molecule has 1 aromatic carbocycles. The predicted molar refractivity (Wildman–Crippen MR) is 47.4 cm³/mol. The number of rotatable bonds is 2. The Morgan fingerprint density at radius 2 is 1.92 bits per heavy atom. The van der Waals surface area contributed by atoms with E-state index in [0.29, 0.717) is 0 Å². The van der Waals surface area contributed by atoms with Gasteiger partial charge in [0, 0.05) is 0 Å². The largest absolute Gasteiger partial charge is 0.504 e. The Morgan fingerprint density at radius 1 is 1.25 bits per heavy atom. The van der Waals surface area contributed by atoms with Crippen LogP contribution in [0.5, 0.6) is 11.5 Å². The summed E-state index contributed by atoms with van der Waals surface area (Å²) in [5.74, 6) is -0.00898. The van der Waals surface area contributed by atoms with Gasteiger partial charge in [0.1, 0.15) is 0 Å². The Hall–Kier alpha value is -1.22. The number of benzene rings is 1. The van der Waals surface area contributed by atoms with Crippen molar-refractivity contribution in [1.29, 1.82) is 0 Å². The van der Waals surface area contributed by atoms with E-state index in [-0.39, 0.29) is 17.0 Å². The highest BCUT2D eigenvalue weighted by Crippen LogP contribution is 2.28. The lowest BCUT2D eigenvalue weighted by Crippen LogP contribution is -1.83. The van der Waals surface area contributed by atoms with Crippen molar-refractivity contribution >= 4 is 0 Å². The second-order valence-electron chi connectivity index (χ2n) is 2.53. The molecular formula is C9H14O3. The first-order valence-corrected chi connectivity index (χ1v) is 3.75. The van der Waals surface area contributed by atoms with E-state index < -0.39 is 0 Å². The first-order chi connectivity index (χ1) is 5.25. The molecule has 3 nitrogen and oxygen atoms in total. The molecule has 0 fully saturated rings. The van der Waals surface area contributed by atoms with Gasteiger partial charge in [-0.3, -0.25) is 0 Å². The lowest BCUT2D eigenvalue weighted by atomic mass is 10.1. The molecule has 0 aromatic heterocycles. The maximum absolute atomic E-state index is 9.28. The fourth-order valence-electron chi connectivity index (χ4n) is 1.05. The van der Waals surface area contributed by atoms with Crippen LogP contribution in [0.3, 0.4) is 0 Å². The molecule has 68 valence electrons. The standard InChI is InChI=1S/C9H12O2.H2O/c1-2-4-7-5-3-6-8(10)9(7)11;/h3,5-6,10-11H,2,4H2,1H3;1H2. The first kappa shape index (κ1) is 10.8. The van der Waals surface area contributed by atoms with Crippen LogP contribution in [-0.4, -0.2) is 15.7 Å². The number of hydrogen-bond donors (Lipinski definition) is 2. The number of para-hydroxylation sites is 1. The molecule has 1 rings (SSSR count). The molecule has 0 aliphatic rings. The van der Waals surface area contributed by atoms with Gasteiger partial charge < -0.3 is 15.7 Å². The fraction of sp³-hybridized carbons (Fsp3) is 0.333. The van der Waals surface area contributed by atoms with Crippen molar-refractivity contribution in [1.82, 2.24) is 0 Å². The van der Waals surface area contributed by atoms with Gasteiger partial charge in [-0.15, -0.1) is 0 Å². The van der Waals surface area contributed by atoms with Crippen LogP contribution in [0.15, 0.2) is 18.2 Å². The fourth-order valence-corrected chi connectivity index (χ4v) is 1.05. The van der Waals surface area contributed by atoms with Crippen LogP contribution in [0.25, 0.3) is 0 Å². The second-order valence-corrected chi connectivity index (χ2v) is 2.53. The molecule has 0 unspecified atom stereocenters.